The Kier molecular flexibility index (Phi) is 6.44. The number of imidazole rings is 1. The average Bonchev–Trinajstić information content (AvgIpc) is 3.22. The van der Waals surface area contributed by atoms with E-state index in [0.717, 1.165) is 12.6 Å². The van der Waals surface area contributed by atoms with Crippen LogP contribution < -0.4 is 10.2 Å². The highest BCUT2D eigenvalue weighted by Gasteiger charge is 2.31. The van der Waals surface area contributed by atoms with Crippen molar-refractivity contribution in [3.8, 4) is 22.5 Å². The summed E-state index contributed by atoms with van der Waals surface area (Å²) in [5.74, 6) is -1.28. The zero-order chi connectivity index (χ0) is 25.6. The van der Waals surface area contributed by atoms with Crippen LogP contribution in [0.3, 0.4) is 0 Å². The number of pyridine rings is 1. The quantitative estimate of drug-likeness (QED) is 0.368. The summed E-state index contributed by atoms with van der Waals surface area (Å²) >= 11 is 0. The number of fused-ring (bicyclic) bond motifs is 1. The van der Waals surface area contributed by atoms with Crippen molar-refractivity contribution < 1.29 is 18.3 Å². The summed E-state index contributed by atoms with van der Waals surface area (Å²) < 4.78 is 42.7. The summed E-state index contributed by atoms with van der Waals surface area (Å²) in [7, 11) is 0. The van der Waals surface area contributed by atoms with Crippen LogP contribution in [-0.4, -0.2) is 51.8 Å². The third-order valence-corrected chi connectivity index (χ3v) is 6.78. The molecule has 0 unspecified atom stereocenters. The first-order valence-electron chi connectivity index (χ1n) is 12.0. The molecule has 3 N–H and O–H groups in total. The highest BCUT2D eigenvalue weighted by Crippen LogP contribution is 2.42. The van der Waals surface area contributed by atoms with E-state index in [2.05, 4.69) is 20.3 Å². The number of H-pyrrole nitrogens is 1. The van der Waals surface area contributed by atoms with Crippen molar-refractivity contribution in [1.82, 2.24) is 20.3 Å². The van der Waals surface area contributed by atoms with E-state index in [4.69, 9.17) is 0 Å². The van der Waals surface area contributed by atoms with Gasteiger partial charge in [0.25, 0.3) is 0 Å². The molecule has 0 bridgehead atoms. The van der Waals surface area contributed by atoms with Gasteiger partial charge in [-0.3, -0.25) is 4.98 Å². The van der Waals surface area contributed by atoms with E-state index in [1.165, 1.54) is 18.2 Å². The minimum atomic E-state index is -0.696. The normalized spacial score (nSPS) is 18.2. The number of rotatable bonds is 5. The van der Waals surface area contributed by atoms with E-state index in [0.29, 0.717) is 70.0 Å². The molecule has 1 aliphatic rings. The Morgan fingerprint density at radius 3 is 2.56 bits per heavy atom. The Morgan fingerprint density at radius 1 is 1.11 bits per heavy atom. The summed E-state index contributed by atoms with van der Waals surface area (Å²) in [6.07, 6.45) is 1.62. The van der Waals surface area contributed by atoms with Crippen LogP contribution in [-0.2, 0) is 0 Å². The summed E-state index contributed by atoms with van der Waals surface area (Å²) in [5.41, 5.74) is 4.42. The number of hydrogen-bond donors (Lipinski definition) is 3. The molecule has 36 heavy (non-hydrogen) atoms. The van der Waals surface area contributed by atoms with Crippen LogP contribution in [0.1, 0.15) is 24.6 Å². The zero-order valence-corrected chi connectivity index (χ0v) is 20.4. The molecule has 0 saturated carbocycles. The lowest BCUT2D eigenvalue weighted by Crippen LogP contribution is -2.53. The number of halogens is 3. The fraction of sp³-hybridized carbons (Fsp3) is 0.333. The van der Waals surface area contributed by atoms with Crippen LogP contribution >= 0.6 is 0 Å². The maximum atomic E-state index is 14.2. The Labute approximate surface area is 207 Å². The number of likely N-dealkylation sites (N-methyl/N-ethyl adjacent to an activating group) is 1. The molecule has 3 heterocycles. The van der Waals surface area contributed by atoms with Gasteiger partial charge in [-0.25, -0.2) is 18.2 Å². The molecular formula is C27H28F3N5O. The van der Waals surface area contributed by atoms with Crippen molar-refractivity contribution in [2.45, 2.75) is 39.3 Å². The van der Waals surface area contributed by atoms with Crippen LogP contribution in [0.4, 0.5) is 18.9 Å². The third-order valence-electron chi connectivity index (χ3n) is 6.78. The molecule has 9 heteroatoms. The highest BCUT2D eigenvalue weighted by molar-refractivity contribution is 5.92. The fourth-order valence-electron chi connectivity index (χ4n) is 5.02. The molecule has 0 radical (unpaired) electrons. The Hall–Kier alpha value is -3.43. The van der Waals surface area contributed by atoms with E-state index in [-0.39, 0.29) is 11.9 Å². The summed E-state index contributed by atoms with van der Waals surface area (Å²) in [6, 6.07) is 6.38. The van der Waals surface area contributed by atoms with Crippen LogP contribution in [0.15, 0.2) is 36.5 Å². The van der Waals surface area contributed by atoms with E-state index in [1.54, 1.807) is 19.2 Å². The molecule has 5 rings (SSSR count). The minimum absolute atomic E-state index is 0.0511. The number of nitrogens with one attached hydrogen (secondary N) is 2. The minimum Gasteiger partial charge on any atom is -0.390 e. The molecular weight excluding hydrogens is 467 g/mol. The van der Waals surface area contributed by atoms with Gasteiger partial charge in [0.1, 0.15) is 23.3 Å². The number of aromatic nitrogens is 3. The summed E-state index contributed by atoms with van der Waals surface area (Å²) in [6.45, 7) is 7.16. The number of aliphatic hydroxyl groups excluding tert-OH is 1. The van der Waals surface area contributed by atoms with E-state index in [9.17, 15) is 18.3 Å². The second-order valence-corrected chi connectivity index (χ2v) is 9.31. The molecule has 6 nitrogen and oxygen atoms in total. The molecule has 1 fully saturated rings. The number of nitrogens with zero attached hydrogens (tertiary/aromatic N) is 3. The molecule has 0 amide bonds. The van der Waals surface area contributed by atoms with Gasteiger partial charge in [-0.2, -0.15) is 0 Å². The standard InChI is InChI=1S/C27H28F3N5O/c1-4-31-21-5-6-35(13-24(21)36)26-19(16-8-17(28)10-18(29)9-16)12-32-15(3)25(26)27-33-22-7-14(2)20(30)11-23(22)34-27/h7-12,21,24,31,36H,4-6,13H2,1-3H3,(H,33,34)/t21-,24+/m1/s1. The third kappa shape index (κ3) is 4.44. The SMILES string of the molecule is CCN[C@@H]1CCN(c2c(-c3cc(F)cc(F)c3)cnc(C)c2-c2nc3cc(F)c(C)cc3[nH]2)C[C@@H]1O. The van der Waals surface area contributed by atoms with Crippen molar-refractivity contribution in [3.63, 3.8) is 0 Å². The Morgan fingerprint density at radius 2 is 1.86 bits per heavy atom. The molecule has 1 aliphatic heterocycles. The van der Waals surface area contributed by atoms with Gasteiger partial charge in [0, 0.05) is 43.0 Å². The molecule has 0 spiro atoms. The molecule has 0 aliphatic carbocycles. The number of β-amino-alcohol motifs (C(OH)–C–C–N with tert-alkyl or cyclic N) is 1. The van der Waals surface area contributed by atoms with Crippen LogP contribution in [0.2, 0.25) is 0 Å². The summed E-state index contributed by atoms with van der Waals surface area (Å²) in [4.78, 5) is 14.5. The maximum Gasteiger partial charge on any atom is 0.142 e. The largest absolute Gasteiger partial charge is 0.390 e. The number of aromatic amines is 1. The van der Waals surface area contributed by atoms with Gasteiger partial charge in [0.05, 0.1) is 34.1 Å². The molecule has 2 aromatic heterocycles. The van der Waals surface area contributed by atoms with Crippen molar-refractivity contribution >= 4 is 16.7 Å². The van der Waals surface area contributed by atoms with Crippen LogP contribution in [0, 0.1) is 31.3 Å². The van der Waals surface area contributed by atoms with Gasteiger partial charge in [-0.1, -0.05) is 6.92 Å². The lowest BCUT2D eigenvalue weighted by molar-refractivity contribution is 0.115. The number of anilines is 1. The van der Waals surface area contributed by atoms with Gasteiger partial charge in [0.2, 0.25) is 0 Å². The van der Waals surface area contributed by atoms with Gasteiger partial charge >= 0.3 is 0 Å². The lowest BCUT2D eigenvalue weighted by Gasteiger charge is -2.39. The number of hydrogen-bond acceptors (Lipinski definition) is 5. The molecule has 2 atom stereocenters. The van der Waals surface area contributed by atoms with Gasteiger partial charge in [-0.15, -0.1) is 0 Å². The number of aliphatic hydroxyl groups is 1. The average molecular weight is 496 g/mol. The maximum absolute atomic E-state index is 14.2. The highest BCUT2D eigenvalue weighted by atomic mass is 19.1. The molecule has 1 saturated heterocycles. The number of benzene rings is 2. The van der Waals surface area contributed by atoms with Crippen LogP contribution in [0.25, 0.3) is 33.5 Å². The second-order valence-electron chi connectivity index (χ2n) is 9.31. The van der Waals surface area contributed by atoms with Crippen molar-refractivity contribution in [1.29, 1.82) is 0 Å². The predicted octanol–water partition coefficient (Wildman–Crippen LogP) is 4.88. The van der Waals surface area contributed by atoms with E-state index in [1.807, 2.05) is 18.7 Å². The first-order chi connectivity index (χ1) is 17.2. The Bertz CT molecular complexity index is 1380. The first-order valence-corrected chi connectivity index (χ1v) is 12.0. The van der Waals surface area contributed by atoms with Crippen molar-refractivity contribution in [2.75, 3.05) is 24.5 Å². The molecule has 2 aromatic carbocycles. The van der Waals surface area contributed by atoms with E-state index >= 15 is 0 Å². The smallest absolute Gasteiger partial charge is 0.142 e. The van der Waals surface area contributed by atoms with E-state index < -0.39 is 17.7 Å². The van der Waals surface area contributed by atoms with Gasteiger partial charge < -0.3 is 20.3 Å². The number of aryl methyl sites for hydroxylation is 2. The zero-order valence-electron chi connectivity index (χ0n) is 20.4. The fourth-order valence-corrected chi connectivity index (χ4v) is 5.02. The topological polar surface area (TPSA) is 77.1 Å². The predicted molar refractivity (Wildman–Crippen MR) is 134 cm³/mol. The lowest BCUT2D eigenvalue weighted by atomic mass is 9.95. The van der Waals surface area contributed by atoms with Gasteiger partial charge in [0.15, 0.2) is 0 Å². The second kappa shape index (κ2) is 9.55. The van der Waals surface area contributed by atoms with Gasteiger partial charge in [-0.05, 0) is 56.1 Å². The van der Waals surface area contributed by atoms with Crippen LogP contribution in [0.5, 0.6) is 0 Å². The number of piperidine rings is 1. The monoisotopic (exact) mass is 495 g/mol. The summed E-state index contributed by atoms with van der Waals surface area (Å²) in [5, 5.41) is 14.2. The molecule has 4 aromatic rings. The van der Waals surface area contributed by atoms with Crippen molar-refractivity contribution in [3.05, 3.63) is 65.2 Å². The molecule has 188 valence electrons. The van der Waals surface area contributed by atoms with Crippen molar-refractivity contribution in [2.24, 2.45) is 0 Å². The Balaban J connectivity index is 1.72. The first kappa shape index (κ1) is 24.3.